The molecule has 1 fully saturated rings. The molecule has 2 unspecified atom stereocenters. The first kappa shape index (κ1) is 21.8. The number of nitrogens with zero attached hydrogens (tertiary/aromatic N) is 1. The van der Waals surface area contributed by atoms with Gasteiger partial charge in [0.15, 0.2) is 0 Å². The minimum atomic E-state index is -3.94. The number of rotatable bonds is 5. The maximum Gasteiger partial charge on any atom is 0.262 e. The van der Waals surface area contributed by atoms with Crippen LogP contribution in [0.5, 0.6) is 0 Å². The van der Waals surface area contributed by atoms with Gasteiger partial charge >= 0.3 is 0 Å². The van der Waals surface area contributed by atoms with E-state index in [-0.39, 0.29) is 10.6 Å². The average Bonchev–Trinajstić information content (AvgIpc) is 3.23. The Morgan fingerprint density at radius 2 is 1.84 bits per heavy atom. The van der Waals surface area contributed by atoms with E-state index < -0.39 is 15.8 Å². The molecule has 0 amide bonds. The molecule has 3 aromatic rings. The van der Waals surface area contributed by atoms with Crippen LogP contribution in [-0.4, -0.2) is 33.6 Å². The molecule has 0 spiro atoms. The SMILES string of the molecule is Cc1cc(-c2cccs2)ccc1S(=O)(=O)Nc1cc(N2CC(C)NC(C)C2)ccc1F. The maximum absolute atomic E-state index is 14.5. The summed E-state index contributed by atoms with van der Waals surface area (Å²) in [7, 11) is -3.94. The minimum absolute atomic E-state index is 0.0435. The molecule has 1 aromatic heterocycles. The van der Waals surface area contributed by atoms with Crippen molar-refractivity contribution in [3.8, 4) is 10.4 Å². The fraction of sp³-hybridized carbons (Fsp3) is 0.304. The van der Waals surface area contributed by atoms with Crippen LogP contribution in [-0.2, 0) is 10.0 Å². The van der Waals surface area contributed by atoms with Gasteiger partial charge in [0.25, 0.3) is 10.0 Å². The highest BCUT2D eigenvalue weighted by atomic mass is 32.2. The van der Waals surface area contributed by atoms with Crippen LogP contribution < -0.4 is 14.9 Å². The second kappa shape index (κ2) is 8.61. The van der Waals surface area contributed by atoms with Crippen molar-refractivity contribution in [3.63, 3.8) is 0 Å². The largest absolute Gasteiger partial charge is 0.368 e. The molecule has 0 saturated carbocycles. The van der Waals surface area contributed by atoms with E-state index in [1.54, 1.807) is 42.5 Å². The van der Waals surface area contributed by atoms with Crippen LogP contribution in [0.1, 0.15) is 19.4 Å². The van der Waals surface area contributed by atoms with Crippen LogP contribution in [0.15, 0.2) is 58.8 Å². The lowest BCUT2D eigenvalue weighted by atomic mass is 10.1. The van der Waals surface area contributed by atoms with Crippen molar-refractivity contribution in [3.05, 3.63) is 65.3 Å². The first-order valence-corrected chi connectivity index (χ1v) is 12.6. The number of sulfonamides is 1. The summed E-state index contributed by atoms with van der Waals surface area (Å²) in [6.45, 7) is 7.48. The molecule has 1 aliphatic heterocycles. The zero-order valence-corrected chi connectivity index (χ0v) is 19.4. The number of nitrogens with one attached hydrogen (secondary N) is 2. The molecule has 1 aliphatic rings. The number of hydrogen-bond donors (Lipinski definition) is 2. The Bertz CT molecular complexity index is 1170. The molecule has 2 N–H and O–H groups in total. The first-order chi connectivity index (χ1) is 14.7. The number of thiophene rings is 1. The Morgan fingerprint density at radius 1 is 1.10 bits per heavy atom. The third-order valence-corrected chi connectivity index (χ3v) is 7.83. The van der Waals surface area contributed by atoms with Gasteiger partial charge in [-0.25, -0.2) is 12.8 Å². The summed E-state index contributed by atoms with van der Waals surface area (Å²) in [6.07, 6.45) is 0. The second-order valence-corrected chi connectivity index (χ2v) is 10.7. The summed E-state index contributed by atoms with van der Waals surface area (Å²) in [5.41, 5.74) is 2.32. The Morgan fingerprint density at radius 3 is 2.48 bits per heavy atom. The molecule has 2 atom stereocenters. The summed E-state index contributed by atoms with van der Waals surface area (Å²) in [5, 5.41) is 5.44. The predicted molar refractivity (Wildman–Crippen MR) is 126 cm³/mol. The summed E-state index contributed by atoms with van der Waals surface area (Å²) in [5.74, 6) is -0.601. The number of aryl methyl sites for hydroxylation is 1. The van der Waals surface area contributed by atoms with Gasteiger partial charge in [0.05, 0.1) is 10.6 Å². The van der Waals surface area contributed by atoms with Crippen molar-refractivity contribution in [2.75, 3.05) is 22.7 Å². The summed E-state index contributed by atoms with van der Waals surface area (Å²) in [6, 6.07) is 14.3. The summed E-state index contributed by atoms with van der Waals surface area (Å²) < 4.78 is 43.1. The lowest BCUT2D eigenvalue weighted by molar-refractivity contribution is 0.407. The Labute approximate surface area is 187 Å². The summed E-state index contributed by atoms with van der Waals surface area (Å²) in [4.78, 5) is 3.35. The average molecular weight is 460 g/mol. The maximum atomic E-state index is 14.5. The van der Waals surface area contributed by atoms with Gasteiger partial charge in [-0.3, -0.25) is 4.72 Å². The Balaban J connectivity index is 1.61. The van der Waals surface area contributed by atoms with E-state index in [9.17, 15) is 12.8 Å². The van der Waals surface area contributed by atoms with Crippen molar-refractivity contribution < 1.29 is 12.8 Å². The zero-order valence-electron chi connectivity index (χ0n) is 17.7. The molecular formula is C23H26FN3O2S2. The van der Waals surface area contributed by atoms with E-state index in [0.717, 1.165) is 29.2 Å². The summed E-state index contributed by atoms with van der Waals surface area (Å²) >= 11 is 1.59. The zero-order chi connectivity index (χ0) is 22.2. The molecular weight excluding hydrogens is 433 g/mol. The molecule has 31 heavy (non-hydrogen) atoms. The highest BCUT2D eigenvalue weighted by Crippen LogP contribution is 2.30. The highest BCUT2D eigenvalue weighted by Gasteiger charge is 2.23. The van der Waals surface area contributed by atoms with Crippen LogP contribution in [0.2, 0.25) is 0 Å². The van der Waals surface area contributed by atoms with Crippen LogP contribution in [0.25, 0.3) is 10.4 Å². The van der Waals surface area contributed by atoms with Crippen LogP contribution in [0.4, 0.5) is 15.8 Å². The fourth-order valence-corrected chi connectivity index (χ4v) is 6.08. The Kier molecular flexibility index (Phi) is 6.05. The van der Waals surface area contributed by atoms with Gasteiger partial charge in [-0.15, -0.1) is 11.3 Å². The van der Waals surface area contributed by atoms with E-state index >= 15 is 0 Å². The van der Waals surface area contributed by atoms with Gasteiger partial charge < -0.3 is 10.2 Å². The molecule has 164 valence electrons. The number of piperazine rings is 1. The van der Waals surface area contributed by atoms with Crippen molar-refractivity contribution in [1.29, 1.82) is 0 Å². The van der Waals surface area contributed by atoms with Gasteiger partial charge in [0.1, 0.15) is 5.82 Å². The van der Waals surface area contributed by atoms with Gasteiger partial charge in [-0.1, -0.05) is 12.1 Å². The number of benzene rings is 2. The predicted octanol–water partition coefficient (Wildman–Crippen LogP) is 4.85. The number of anilines is 2. The van der Waals surface area contributed by atoms with Gasteiger partial charge in [-0.2, -0.15) is 0 Å². The molecule has 8 heteroatoms. The molecule has 1 saturated heterocycles. The van der Waals surface area contributed by atoms with Crippen molar-refractivity contribution >= 4 is 32.7 Å². The normalized spacial score (nSPS) is 19.4. The van der Waals surface area contributed by atoms with Gasteiger partial charge in [-0.05, 0) is 73.7 Å². The minimum Gasteiger partial charge on any atom is -0.368 e. The van der Waals surface area contributed by atoms with Crippen LogP contribution >= 0.6 is 11.3 Å². The molecule has 0 aliphatic carbocycles. The van der Waals surface area contributed by atoms with Crippen molar-refractivity contribution in [2.45, 2.75) is 37.8 Å². The van der Waals surface area contributed by atoms with Gasteiger partial charge in [0.2, 0.25) is 0 Å². The second-order valence-electron chi connectivity index (χ2n) is 8.10. The molecule has 5 nitrogen and oxygen atoms in total. The molecule has 0 bridgehead atoms. The van der Waals surface area contributed by atoms with E-state index in [1.165, 1.54) is 6.07 Å². The topological polar surface area (TPSA) is 61.4 Å². The lowest BCUT2D eigenvalue weighted by Gasteiger charge is -2.37. The molecule has 2 aromatic carbocycles. The highest BCUT2D eigenvalue weighted by molar-refractivity contribution is 7.92. The lowest BCUT2D eigenvalue weighted by Crippen LogP contribution is -2.54. The molecule has 2 heterocycles. The van der Waals surface area contributed by atoms with Crippen LogP contribution in [0, 0.1) is 12.7 Å². The monoisotopic (exact) mass is 459 g/mol. The first-order valence-electron chi connectivity index (χ1n) is 10.2. The third-order valence-electron chi connectivity index (χ3n) is 5.39. The standard InChI is InChI=1S/C23H26FN3O2S2/c1-15-11-18(22-5-4-10-30-22)6-9-23(15)31(28,29)26-21-12-19(7-8-20(21)24)27-13-16(2)25-17(3)14-27/h4-12,16-17,25-26H,13-14H2,1-3H3. The fourth-order valence-electron chi connectivity index (χ4n) is 4.07. The van der Waals surface area contributed by atoms with Crippen molar-refractivity contribution in [2.24, 2.45) is 0 Å². The third kappa shape index (κ3) is 4.76. The molecule has 0 radical (unpaired) electrons. The van der Waals surface area contributed by atoms with E-state index in [2.05, 4.69) is 28.8 Å². The smallest absolute Gasteiger partial charge is 0.262 e. The van der Waals surface area contributed by atoms with E-state index in [0.29, 0.717) is 17.6 Å². The van der Waals surface area contributed by atoms with Gasteiger partial charge in [0, 0.05) is 35.7 Å². The number of halogens is 1. The molecule has 4 rings (SSSR count). The van der Waals surface area contributed by atoms with Crippen molar-refractivity contribution in [1.82, 2.24) is 5.32 Å². The Hall–Kier alpha value is -2.42. The number of hydrogen-bond acceptors (Lipinski definition) is 5. The van der Waals surface area contributed by atoms with E-state index in [4.69, 9.17) is 0 Å². The van der Waals surface area contributed by atoms with E-state index in [1.807, 2.05) is 23.6 Å². The van der Waals surface area contributed by atoms with Crippen LogP contribution in [0.3, 0.4) is 0 Å². The quantitative estimate of drug-likeness (QED) is 0.573.